The zero-order valence-corrected chi connectivity index (χ0v) is 14.0. The molecular formula is C18H20ClFN2O. The Morgan fingerprint density at radius 1 is 1.22 bits per heavy atom. The summed E-state index contributed by atoms with van der Waals surface area (Å²) in [7, 11) is 3.95. The molecule has 0 aliphatic carbocycles. The predicted molar refractivity (Wildman–Crippen MR) is 91.4 cm³/mol. The molecule has 1 amide bonds. The van der Waals surface area contributed by atoms with Gasteiger partial charge in [0.05, 0.1) is 10.6 Å². The fourth-order valence-electron chi connectivity index (χ4n) is 2.30. The van der Waals surface area contributed by atoms with Crippen LogP contribution < -0.4 is 5.32 Å². The van der Waals surface area contributed by atoms with Gasteiger partial charge < -0.3 is 10.2 Å². The fraction of sp³-hybridized carbons (Fsp3) is 0.278. The lowest BCUT2D eigenvalue weighted by molar-refractivity contribution is 0.0942. The monoisotopic (exact) mass is 334 g/mol. The van der Waals surface area contributed by atoms with Gasteiger partial charge in [-0.25, -0.2) is 4.39 Å². The Morgan fingerprint density at radius 2 is 1.91 bits per heavy atom. The molecule has 0 aromatic heterocycles. The third-order valence-corrected chi connectivity index (χ3v) is 4.03. The lowest BCUT2D eigenvalue weighted by Gasteiger charge is -2.25. The van der Waals surface area contributed by atoms with Gasteiger partial charge in [-0.3, -0.25) is 4.79 Å². The molecule has 23 heavy (non-hydrogen) atoms. The standard InChI is InChI=1S/C18H20ClFN2O/c1-22(2)15(10-13-6-4-3-5-7-13)12-21-18(23)16-9-8-14(20)11-17(16)19/h3-9,11,15H,10,12H2,1-2H3,(H,21,23). The number of halogens is 2. The van der Waals surface area contributed by atoms with Crippen molar-refractivity contribution in [2.45, 2.75) is 12.5 Å². The molecule has 0 saturated carbocycles. The Balaban J connectivity index is 1.99. The first-order chi connectivity index (χ1) is 11.0. The van der Waals surface area contributed by atoms with E-state index in [9.17, 15) is 9.18 Å². The molecule has 0 bridgehead atoms. The molecule has 0 spiro atoms. The van der Waals surface area contributed by atoms with E-state index in [2.05, 4.69) is 22.3 Å². The number of nitrogens with zero attached hydrogens (tertiary/aromatic N) is 1. The van der Waals surface area contributed by atoms with E-state index in [-0.39, 0.29) is 22.5 Å². The molecule has 0 fully saturated rings. The van der Waals surface area contributed by atoms with Gasteiger partial charge in [0.1, 0.15) is 5.82 Å². The van der Waals surface area contributed by atoms with Crippen LogP contribution in [0.25, 0.3) is 0 Å². The van der Waals surface area contributed by atoms with Gasteiger partial charge in [0.15, 0.2) is 0 Å². The highest BCUT2D eigenvalue weighted by Crippen LogP contribution is 2.17. The van der Waals surface area contributed by atoms with E-state index >= 15 is 0 Å². The molecule has 3 nitrogen and oxygen atoms in total. The van der Waals surface area contributed by atoms with Gasteiger partial charge in [0.2, 0.25) is 0 Å². The molecule has 122 valence electrons. The van der Waals surface area contributed by atoms with Crippen molar-refractivity contribution in [2.24, 2.45) is 0 Å². The molecule has 1 N–H and O–H groups in total. The minimum atomic E-state index is -0.457. The van der Waals surface area contributed by atoms with Crippen LogP contribution in [0.3, 0.4) is 0 Å². The minimum absolute atomic E-state index is 0.118. The zero-order valence-electron chi connectivity index (χ0n) is 13.2. The maximum Gasteiger partial charge on any atom is 0.252 e. The van der Waals surface area contributed by atoms with Crippen LogP contribution in [0.15, 0.2) is 48.5 Å². The van der Waals surface area contributed by atoms with Crippen LogP contribution in [0.1, 0.15) is 15.9 Å². The Hall–Kier alpha value is -1.91. The number of carbonyl (C=O) groups excluding carboxylic acids is 1. The smallest absolute Gasteiger partial charge is 0.252 e. The average Bonchev–Trinajstić information content (AvgIpc) is 2.51. The van der Waals surface area contributed by atoms with Crippen LogP contribution in [0, 0.1) is 5.82 Å². The van der Waals surface area contributed by atoms with Crippen molar-refractivity contribution in [3.05, 3.63) is 70.5 Å². The van der Waals surface area contributed by atoms with E-state index in [1.165, 1.54) is 17.7 Å². The number of amides is 1. The van der Waals surface area contributed by atoms with Crippen LogP contribution in [0.2, 0.25) is 5.02 Å². The largest absolute Gasteiger partial charge is 0.350 e. The number of carbonyl (C=O) groups is 1. The maximum atomic E-state index is 13.1. The van der Waals surface area contributed by atoms with Crippen LogP contribution in [0.5, 0.6) is 0 Å². The summed E-state index contributed by atoms with van der Waals surface area (Å²) in [6.45, 7) is 0.481. The van der Waals surface area contributed by atoms with Crippen molar-refractivity contribution in [3.8, 4) is 0 Å². The van der Waals surface area contributed by atoms with Crippen molar-refractivity contribution in [1.82, 2.24) is 10.2 Å². The first-order valence-corrected chi connectivity index (χ1v) is 7.79. The molecule has 0 aliphatic rings. The second-order valence-corrected chi connectivity index (χ2v) is 6.05. The Morgan fingerprint density at radius 3 is 2.52 bits per heavy atom. The lowest BCUT2D eigenvalue weighted by Crippen LogP contribution is -2.41. The zero-order chi connectivity index (χ0) is 16.8. The summed E-state index contributed by atoms with van der Waals surface area (Å²) >= 11 is 5.92. The first kappa shape index (κ1) is 17.4. The molecule has 1 atom stereocenters. The molecule has 0 radical (unpaired) electrons. The Labute approximate surface area is 141 Å². The lowest BCUT2D eigenvalue weighted by atomic mass is 10.0. The molecular weight excluding hydrogens is 315 g/mol. The van der Waals surface area contributed by atoms with Crippen LogP contribution in [-0.2, 0) is 6.42 Å². The van der Waals surface area contributed by atoms with Crippen LogP contribution >= 0.6 is 11.6 Å². The van der Waals surface area contributed by atoms with Crippen LogP contribution in [0.4, 0.5) is 4.39 Å². The SMILES string of the molecule is CN(C)C(CNC(=O)c1ccc(F)cc1Cl)Cc1ccccc1. The predicted octanol–water partition coefficient (Wildman–Crippen LogP) is 3.38. The van der Waals surface area contributed by atoms with Crippen LogP contribution in [-0.4, -0.2) is 37.5 Å². The minimum Gasteiger partial charge on any atom is -0.350 e. The van der Waals surface area contributed by atoms with Crippen molar-refractivity contribution in [2.75, 3.05) is 20.6 Å². The third kappa shape index (κ3) is 5.05. The second-order valence-electron chi connectivity index (χ2n) is 5.64. The van der Waals surface area contributed by atoms with Gasteiger partial charge in [-0.05, 0) is 44.3 Å². The normalized spacial score (nSPS) is 12.2. The summed E-state index contributed by atoms with van der Waals surface area (Å²) in [4.78, 5) is 14.3. The van der Waals surface area contributed by atoms with E-state index in [1.54, 1.807) is 0 Å². The van der Waals surface area contributed by atoms with Gasteiger partial charge in [-0.2, -0.15) is 0 Å². The summed E-state index contributed by atoms with van der Waals surface area (Å²) < 4.78 is 13.1. The highest BCUT2D eigenvalue weighted by molar-refractivity contribution is 6.33. The number of rotatable bonds is 6. The molecule has 0 heterocycles. The van der Waals surface area contributed by atoms with E-state index in [0.29, 0.717) is 6.54 Å². The van der Waals surface area contributed by atoms with Gasteiger partial charge in [0, 0.05) is 12.6 Å². The topological polar surface area (TPSA) is 32.3 Å². The molecule has 0 saturated heterocycles. The first-order valence-electron chi connectivity index (χ1n) is 7.41. The van der Waals surface area contributed by atoms with Gasteiger partial charge in [-0.15, -0.1) is 0 Å². The van der Waals surface area contributed by atoms with Gasteiger partial charge >= 0.3 is 0 Å². The van der Waals surface area contributed by atoms with Crippen molar-refractivity contribution < 1.29 is 9.18 Å². The quantitative estimate of drug-likeness (QED) is 0.878. The van der Waals surface area contributed by atoms with Crippen molar-refractivity contribution >= 4 is 17.5 Å². The van der Waals surface area contributed by atoms with E-state index in [1.807, 2.05) is 32.3 Å². The summed E-state index contributed by atoms with van der Waals surface area (Å²) in [6, 6.07) is 14.0. The molecule has 2 aromatic rings. The molecule has 2 aromatic carbocycles. The van der Waals surface area contributed by atoms with E-state index in [4.69, 9.17) is 11.6 Å². The second kappa shape index (κ2) is 8.09. The fourth-order valence-corrected chi connectivity index (χ4v) is 2.56. The highest BCUT2D eigenvalue weighted by atomic mass is 35.5. The van der Waals surface area contributed by atoms with Crippen molar-refractivity contribution in [3.63, 3.8) is 0 Å². The molecule has 2 rings (SSSR count). The Bertz CT molecular complexity index is 661. The molecule has 1 unspecified atom stereocenters. The maximum absolute atomic E-state index is 13.1. The van der Waals surface area contributed by atoms with Gasteiger partial charge in [-0.1, -0.05) is 41.9 Å². The number of hydrogen-bond acceptors (Lipinski definition) is 2. The third-order valence-electron chi connectivity index (χ3n) is 3.72. The highest BCUT2D eigenvalue weighted by Gasteiger charge is 2.16. The van der Waals surface area contributed by atoms with Gasteiger partial charge in [0.25, 0.3) is 5.91 Å². The summed E-state index contributed by atoms with van der Waals surface area (Å²) in [5, 5.41) is 2.99. The number of nitrogens with one attached hydrogen (secondary N) is 1. The molecule has 0 aliphatic heterocycles. The number of hydrogen-bond donors (Lipinski definition) is 1. The Kier molecular flexibility index (Phi) is 6.13. The van der Waals surface area contributed by atoms with E-state index < -0.39 is 5.82 Å². The number of likely N-dealkylation sites (N-methyl/N-ethyl adjacent to an activating group) is 1. The van der Waals surface area contributed by atoms with Crippen molar-refractivity contribution in [1.29, 1.82) is 0 Å². The summed E-state index contributed by atoms with van der Waals surface area (Å²) in [5.41, 5.74) is 1.49. The summed E-state index contributed by atoms with van der Waals surface area (Å²) in [5.74, 6) is -0.753. The number of benzene rings is 2. The van der Waals surface area contributed by atoms with E-state index in [0.717, 1.165) is 12.5 Å². The molecule has 5 heteroatoms. The average molecular weight is 335 g/mol. The summed E-state index contributed by atoms with van der Waals surface area (Å²) in [6.07, 6.45) is 0.825.